The maximum absolute atomic E-state index is 10.6. The molecule has 0 radical (unpaired) electrons. The molecule has 174 valence electrons. The van der Waals surface area contributed by atoms with Crippen LogP contribution in [0.3, 0.4) is 0 Å². The molecule has 0 atom stereocenters. The Hall–Kier alpha value is -3.06. The number of hydrogen-bond donors (Lipinski definition) is 2. The van der Waals surface area contributed by atoms with E-state index in [9.17, 15) is 13.2 Å². The molecule has 0 spiro atoms. The van der Waals surface area contributed by atoms with Crippen LogP contribution in [0.5, 0.6) is 0 Å². The predicted molar refractivity (Wildman–Crippen MR) is 106 cm³/mol. The van der Waals surface area contributed by atoms with Crippen molar-refractivity contribution in [1.29, 1.82) is 0 Å². The Bertz CT molecular complexity index is 1070. The number of carboxylic acids is 1. The average Bonchev–Trinajstić information content (AvgIpc) is 3.36. The number of hydrogen-bond acceptors (Lipinski definition) is 7. The summed E-state index contributed by atoms with van der Waals surface area (Å²) in [7, 11) is 0. The number of aryl methyl sites for hydroxylation is 2. The van der Waals surface area contributed by atoms with E-state index >= 15 is 0 Å². The lowest BCUT2D eigenvalue weighted by atomic mass is 10.0. The number of aromatic nitrogens is 6. The number of halogens is 3. The third-order valence-electron chi connectivity index (χ3n) is 5.14. The Morgan fingerprint density at radius 3 is 2.47 bits per heavy atom. The summed E-state index contributed by atoms with van der Waals surface area (Å²) in [5.74, 6) is -2.76. The SMILES string of the molecule is Cc1cc(C)n2ncc(CN3CCC(n4cc(CO)nn4)CC3)c2n1.O=C(O)C(F)(F)F. The van der Waals surface area contributed by atoms with E-state index in [4.69, 9.17) is 15.0 Å². The van der Waals surface area contributed by atoms with Crippen LogP contribution in [-0.4, -0.2) is 69.9 Å². The number of piperidine rings is 1. The minimum atomic E-state index is -5.08. The number of aliphatic hydroxyl groups is 1. The Labute approximate surface area is 181 Å². The topological polar surface area (TPSA) is 122 Å². The van der Waals surface area contributed by atoms with Gasteiger partial charge in [0.2, 0.25) is 0 Å². The van der Waals surface area contributed by atoms with E-state index in [0.29, 0.717) is 11.7 Å². The smallest absolute Gasteiger partial charge is 0.475 e. The fourth-order valence-electron chi connectivity index (χ4n) is 3.57. The normalized spacial score (nSPS) is 15.6. The van der Waals surface area contributed by atoms with Crippen molar-refractivity contribution in [3.63, 3.8) is 0 Å². The first-order valence-electron chi connectivity index (χ1n) is 9.93. The molecule has 0 saturated carbocycles. The number of aliphatic carboxylic acids is 1. The van der Waals surface area contributed by atoms with Gasteiger partial charge in [-0.05, 0) is 32.8 Å². The van der Waals surface area contributed by atoms with Crippen molar-refractivity contribution in [1.82, 2.24) is 34.5 Å². The zero-order valence-electron chi connectivity index (χ0n) is 17.6. The summed E-state index contributed by atoms with van der Waals surface area (Å²) in [4.78, 5) is 16.0. The molecule has 0 aromatic carbocycles. The Kier molecular flexibility index (Phi) is 7.09. The van der Waals surface area contributed by atoms with Crippen molar-refractivity contribution >= 4 is 11.6 Å². The number of nitrogens with zero attached hydrogens (tertiary/aromatic N) is 7. The number of aliphatic hydroxyl groups excluding tert-OH is 1. The molecule has 4 heterocycles. The van der Waals surface area contributed by atoms with Crippen LogP contribution in [0, 0.1) is 13.8 Å². The summed E-state index contributed by atoms with van der Waals surface area (Å²) >= 11 is 0. The number of fused-ring (bicyclic) bond motifs is 1. The first-order chi connectivity index (χ1) is 15.1. The number of alkyl halides is 3. The van der Waals surface area contributed by atoms with Gasteiger partial charge in [0.05, 0.1) is 25.0 Å². The largest absolute Gasteiger partial charge is 0.490 e. The van der Waals surface area contributed by atoms with Crippen LogP contribution in [0.25, 0.3) is 5.65 Å². The van der Waals surface area contributed by atoms with Gasteiger partial charge < -0.3 is 10.2 Å². The van der Waals surface area contributed by atoms with Crippen LogP contribution in [0.4, 0.5) is 13.2 Å². The van der Waals surface area contributed by atoms with Gasteiger partial charge >= 0.3 is 12.1 Å². The van der Waals surface area contributed by atoms with Crippen molar-refractivity contribution in [3.05, 3.63) is 41.1 Å². The second kappa shape index (κ2) is 9.61. The van der Waals surface area contributed by atoms with Crippen LogP contribution in [-0.2, 0) is 17.9 Å². The van der Waals surface area contributed by atoms with Gasteiger partial charge in [-0.1, -0.05) is 5.21 Å². The second-order valence-corrected chi connectivity index (χ2v) is 7.60. The van der Waals surface area contributed by atoms with Gasteiger partial charge in [-0.15, -0.1) is 5.10 Å². The van der Waals surface area contributed by atoms with Crippen molar-refractivity contribution in [2.75, 3.05) is 13.1 Å². The van der Waals surface area contributed by atoms with Gasteiger partial charge in [0, 0.05) is 36.6 Å². The van der Waals surface area contributed by atoms with E-state index in [2.05, 4.69) is 32.2 Å². The highest BCUT2D eigenvalue weighted by molar-refractivity contribution is 5.73. The molecule has 1 fully saturated rings. The van der Waals surface area contributed by atoms with E-state index in [1.807, 2.05) is 34.6 Å². The van der Waals surface area contributed by atoms with Crippen LogP contribution in [0.1, 0.15) is 41.5 Å². The van der Waals surface area contributed by atoms with Crippen molar-refractivity contribution in [2.45, 2.75) is 52.1 Å². The summed E-state index contributed by atoms with van der Waals surface area (Å²) in [6.45, 7) is 6.89. The fraction of sp³-hybridized carbons (Fsp3) is 0.526. The van der Waals surface area contributed by atoms with E-state index in [1.165, 1.54) is 5.56 Å². The molecule has 1 saturated heterocycles. The lowest BCUT2D eigenvalue weighted by Gasteiger charge is -2.31. The van der Waals surface area contributed by atoms with Crippen molar-refractivity contribution < 1.29 is 28.2 Å². The number of likely N-dealkylation sites (tertiary alicyclic amines) is 1. The highest BCUT2D eigenvalue weighted by atomic mass is 19.4. The van der Waals surface area contributed by atoms with Crippen LogP contribution < -0.4 is 0 Å². The van der Waals surface area contributed by atoms with Gasteiger partial charge in [-0.25, -0.2) is 19.0 Å². The fourth-order valence-corrected chi connectivity index (χ4v) is 3.57. The van der Waals surface area contributed by atoms with Crippen LogP contribution >= 0.6 is 0 Å². The quantitative estimate of drug-likeness (QED) is 0.612. The minimum Gasteiger partial charge on any atom is -0.475 e. The average molecular weight is 455 g/mol. The standard InChI is InChI=1S/C17H23N7O.C2HF3O2/c1-12-7-13(2)24-17(19-12)14(8-18-24)9-22-5-3-16(4-6-22)23-10-15(11-25)20-21-23;3-2(4,5)1(6)7/h7-8,10,16,25H,3-6,9,11H2,1-2H3;(H,6,7). The van der Waals surface area contributed by atoms with Gasteiger partial charge in [-0.3, -0.25) is 4.90 Å². The maximum atomic E-state index is 10.6. The molecular weight excluding hydrogens is 431 g/mol. The highest BCUT2D eigenvalue weighted by Crippen LogP contribution is 2.24. The Balaban J connectivity index is 0.000000360. The summed E-state index contributed by atoms with van der Waals surface area (Å²) in [6, 6.07) is 2.41. The molecule has 1 aliphatic heterocycles. The monoisotopic (exact) mass is 455 g/mol. The van der Waals surface area contributed by atoms with E-state index in [1.54, 1.807) is 0 Å². The zero-order chi connectivity index (χ0) is 23.5. The molecule has 0 unspecified atom stereocenters. The molecule has 0 amide bonds. The van der Waals surface area contributed by atoms with Gasteiger partial charge in [0.25, 0.3) is 0 Å². The van der Waals surface area contributed by atoms with Gasteiger partial charge in [0.1, 0.15) is 5.69 Å². The predicted octanol–water partition coefficient (Wildman–Crippen LogP) is 1.90. The van der Waals surface area contributed by atoms with E-state index < -0.39 is 12.1 Å². The summed E-state index contributed by atoms with van der Waals surface area (Å²) in [6.07, 6.45) is 0.755. The number of carboxylic acid groups (broad SMARTS) is 1. The lowest BCUT2D eigenvalue weighted by molar-refractivity contribution is -0.192. The molecule has 10 nitrogen and oxygen atoms in total. The number of carbonyl (C=O) groups is 1. The third-order valence-corrected chi connectivity index (χ3v) is 5.14. The first-order valence-corrected chi connectivity index (χ1v) is 9.93. The van der Waals surface area contributed by atoms with E-state index in [-0.39, 0.29) is 6.61 Å². The molecule has 13 heteroatoms. The van der Waals surface area contributed by atoms with Crippen LogP contribution in [0.2, 0.25) is 0 Å². The molecule has 32 heavy (non-hydrogen) atoms. The molecule has 0 bridgehead atoms. The van der Waals surface area contributed by atoms with Gasteiger partial charge in [0.15, 0.2) is 5.65 Å². The molecular formula is C19H24F3N7O3. The summed E-state index contributed by atoms with van der Waals surface area (Å²) in [5.41, 5.74) is 4.90. The summed E-state index contributed by atoms with van der Waals surface area (Å²) < 4.78 is 35.5. The third kappa shape index (κ3) is 5.59. The Morgan fingerprint density at radius 1 is 1.25 bits per heavy atom. The molecule has 1 aliphatic rings. The van der Waals surface area contributed by atoms with Gasteiger partial charge in [-0.2, -0.15) is 18.3 Å². The van der Waals surface area contributed by atoms with Crippen molar-refractivity contribution in [3.8, 4) is 0 Å². The molecule has 0 aliphatic carbocycles. The maximum Gasteiger partial charge on any atom is 0.490 e. The summed E-state index contributed by atoms with van der Waals surface area (Å²) in [5, 5.41) is 28.8. The van der Waals surface area contributed by atoms with Crippen molar-refractivity contribution in [2.24, 2.45) is 0 Å². The highest BCUT2D eigenvalue weighted by Gasteiger charge is 2.38. The van der Waals surface area contributed by atoms with E-state index in [0.717, 1.165) is 49.5 Å². The first kappa shape index (κ1) is 23.6. The zero-order valence-corrected chi connectivity index (χ0v) is 17.6. The Morgan fingerprint density at radius 2 is 1.91 bits per heavy atom. The van der Waals surface area contributed by atoms with Crippen LogP contribution in [0.15, 0.2) is 18.5 Å². The lowest BCUT2D eigenvalue weighted by Crippen LogP contribution is -2.34. The molecule has 3 aromatic heterocycles. The molecule has 3 aromatic rings. The minimum absolute atomic E-state index is 0.0561. The second-order valence-electron chi connectivity index (χ2n) is 7.60. The molecule has 2 N–H and O–H groups in total. The molecule has 4 rings (SSSR count). The number of rotatable bonds is 4.